The number of ketones is 1. The van der Waals surface area contributed by atoms with Crippen molar-refractivity contribution in [3.8, 4) is 18.0 Å². The maximum absolute atomic E-state index is 11.4. The Bertz CT molecular complexity index is 537. The standard InChI is InChI=1S/C12H9N3O/c1-2-6-12(16)11-9-13-15(14-11)10-7-4-3-5-8-10/h1,3-5,7-9H,6H2. The molecule has 4 heteroatoms. The number of Topliss-reactive ketones (excluding diaryl/α,β-unsaturated/α-hetero) is 1. The molecule has 0 radical (unpaired) electrons. The third-order valence-corrected chi connectivity index (χ3v) is 2.03. The van der Waals surface area contributed by atoms with Gasteiger partial charge in [0.2, 0.25) is 0 Å². The summed E-state index contributed by atoms with van der Waals surface area (Å²) in [6, 6.07) is 9.37. The van der Waals surface area contributed by atoms with Crippen LogP contribution in [0.1, 0.15) is 16.9 Å². The summed E-state index contributed by atoms with van der Waals surface area (Å²) in [4.78, 5) is 12.8. The van der Waals surface area contributed by atoms with E-state index in [4.69, 9.17) is 6.42 Å². The van der Waals surface area contributed by atoms with E-state index < -0.39 is 0 Å². The highest BCUT2D eigenvalue weighted by Gasteiger charge is 2.09. The predicted octanol–water partition coefficient (Wildman–Crippen LogP) is 1.47. The van der Waals surface area contributed by atoms with E-state index in [1.54, 1.807) is 0 Å². The van der Waals surface area contributed by atoms with Gasteiger partial charge in [-0.1, -0.05) is 24.1 Å². The number of hydrogen-bond donors (Lipinski definition) is 0. The first-order valence-electron chi connectivity index (χ1n) is 4.75. The Morgan fingerprint density at radius 1 is 1.38 bits per heavy atom. The van der Waals surface area contributed by atoms with Gasteiger partial charge in [-0.25, -0.2) is 0 Å². The van der Waals surface area contributed by atoms with E-state index in [2.05, 4.69) is 16.1 Å². The van der Waals surface area contributed by atoms with Crippen molar-refractivity contribution in [2.45, 2.75) is 6.42 Å². The lowest BCUT2D eigenvalue weighted by Gasteiger charge is -1.96. The predicted molar refractivity (Wildman–Crippen MR) is 59.1 cm³/mol. The van der Waals surface area contributed by atoms with Crippen molar-refractivity contribution in [2.75, 3.05) is 0 Å². The Kier molecular flexibility index (Phi) is 2.79. The monoisotopic (exact) mass is 211 g/mol. The first-order chi connectivity index (χ1) is 7.81. The zero-order chi connectivity index (χ0) is 11.4. The maximum atomic E-state index is 11.4. The summed E-state index contributed by atoms with van der Waals surface area (Å²) in [6.45, 7) is 0. The molecule has 78 valence electrons. The number of benzene rings is 1. The SMILES string of the molecule is C#CCC(=O)c1cnn(-c2ccccc2)n1. The highest BCUT2D eigenvalue weighted by Crippen LogP contribution is 2.05. The molecule has 1 heterocycles. The number of rotatable bonds is 3. The molecule has 0 saturated carbocycles. The molecule has 0 fully saturated rings. The minimum atomic E-state index is -0.190. The summed E-state index contributed by atoms with van der Waals surface area (Å²) in [5, 5.41) is 8.07. The summed E-state index contributed by atoms with van der Waals surface area (Å²) in [7, 11) is 0. The second-order valence-corrected chi connectivity index (χ2v) is 3.16. The van der Waals surface area contributed by atoms with Crippen LogP contribution in [0.3, 0.4) is 0 Å². The van der Waals surface area contributed by atoms with Gasteiger partial charge in [0.15, 0.2) is 5.78 Å². The van der Waals surface area contributed by atoms with Gasteiger partial charge < -0.3 is 0 Å². The zero-order valence-electron chi connectivity index (χ0n) is 8.50. The second kappa shape index (κ2) is 4.41. The molecule has 16 heavy (non-hydrogen) atoms. The van der Waals surface area contributed by atoms with E-state index in [1.165, 1.54) is 11.0 Å². The van der Waals surface area contributed by atoms with E-state index in [0.29, 0.717) is 5.69 Å². The van der Waals surface area contributed by atoms with Gasteiger partial charge in [0.05, 0.1) is 18.3 Å². The third-order valence-electron chi connectivity index (χ3n) is 2.03. The summed E-state index contributed by atoms with van der Waals surface area (Å²) in [6.07, 6.45) is 6.53. The molecule has 0 atom stereocenters. The first-order valence-corrected chi connectivity index (χ1v) is 4.75. The Morgan fingerprint density at radius 3 is 2.81 bits per heavy atom. The lowest BCUT2D eigenvalue weighted by atomic mass is 10.2. The molecule has 2 aromatic rings. The quantitative estimate of drug-likeness (QED) is 0.570. The van der Waals surface area contributed by atoms with Crippen LogP contribution in [-0.2, 0) is 0 Å². The van der Waals surface area contributed by atoms with Crippen molar-refractivity contribution in [1.82, 2.24) is 15.0 Å². The van der Waals surface area contributed by atoms with E-state index in [0.717, 1.165) is 5.69 Å². The molecule has 0 bridgehead atoms. The van der Waals surface area contributed by atoms with Crippen molar-refractivity contribution in [3.05, 3.63) is 42.2 Å². The van der Waals surface area contributed by atoms with Gasteiger partial charge in [-0.15, -0.1) is 11.5 Å². The second-order valence-electron chi connectivity index (χ2n) is 3.16. The summed E-state index contributed by atoms with van der Waals surface area (Å²) in [5.41, 5.74) is 1.10. The van der Waals surface area contributed by atoms with Crippen LogP contribution in [0.4, 0.5) is 0 Å². The van der Waals surface area contributed by atoms with Gasteiger partial charge >= 0.3 is 0 Å². The molecule has 0 N–H and O–H groups in total. The fourth-order valence-corrected chi connectivity index (χ4v) is 1.26. The molecule has 0 spiro atoms. The normalized spacial score (nSPS) is 9.69. The molecule has 0 saturated heterocycles. The molecule has 1 aromatic heterocycles. The third kappa shape index (κ3) is 1.98. The number of nitrogens with zero attached hydrogens (tertiary/aromatic N) is 3. The lowest BCUT2D eigenvalue weighted by Crippen LogP contribution is -2.02. The number of carbonyl (C=O) groups excluding carboxylic acids is 1. The Hall–Kier alpha value is -2.41. The van der Waals surface area contributed by atoms with Gasteiger partial charge in [-0.2, -0.15) is 9.90 Å². The highest BCUT2D eigenvalue weighted by atomic mass is 16.1. The number of para-hydroxylation sites is 1. The molecule has 1 aromatic carbocycles. The van der Waals surface area contributed by atoms with Crippen LogP contribution < -0.4 is 0 Å². The summed E-state index contributed by atoms with van der Waals surface area (Å²) < 4.78 is 0. The van der Waals surface area contributed by atoms with Gasteiger partial charge in [0.25, 0.3) is 0 Å². The van der Waals surface area contributed by atoms with Gasteiger partial charge in [0.1, 0.15) is 5.69 Å². The average Bonchev–Trinajstić information content (AvgIpc) is 2.80. The van der Waals surface area contributed by atoms with Gasteiger partial charge in [-0.3, -0.25) is 4.79 Å². The molecule has 4 nitrogen and oxygen atoms in total. The average molecular weight is 211 g/mol. The van der Waals surface area contributed by atoms with E-state index in [-0.39, 0.29) is 12.2 Å². The number of terminal acetylenes is 1. The van der Waals surface area contributed by atoms with Crippen LogP contribution in [0.2, 0.25) is 0 Å². The molecule has 0 aliphatic rings. The fraction of sp³-hybridized carbons (Fsp3) is 0.0833. The Labute approximate surface area is 92.9 Å². The molecule has 0 aliphatic carbocycles. The molecule has 2 rings (SSSR count). The van der Waals surface area contributed by atoms with Crippen molar-refractivity contribution in [1.29, 1.82) is 0 Å². The fourth-order valence-electron chi connectivity index (χ4n) is 1.26. The van der Waals surface area contributed by atoms with E-state index >= 15 is 0 Å². The van der Waals surface area contributed by atoms with Crippen LogP contribution >= 0.6 is 0 Å². The van der Waals surface area contributed by atoms with E-state index in [1.807, 2.05) is 30.3 Å². The zero-order valence-corrected chi connectivity index (χ0v) is 8.50. The largest absolute Gasteiger partial charge is 0.291 e. The van der Waals surface area contributed by atoms with Crippen LogP contribution in [0.5, 0.6) is 0 Å². The molecular formula is C12H9N3O. The molecule has 0 amide bonds. The Morgan fingerprint density at radius 2 is 2.12 bits per heavy atom. The van der Waals surface area contributed by atoms with Crippen molar-refractivity contribution >= 4 is 5.78 Å². The number of aromatic nitrogens is 3. The molecular weight excluding hydrogens is 202 g/mol. The van der Waals surface area contributed by atoms with Crippen LogP contribution in [-0.4, -0.2) is 20.8 Å². The summed E-state index contributed by atoms with van der Waals surface area (Å²) >= 11 is 0. The lowest BCUT2D eigenvalue weighted by molar-refractivity contribution is 0.0993. The van der Waals surface area contributed by atoms with Crippen molar-refractivity contribution in [3.63, 3.8) is 0 Å². The van der Waals surface area contributed by atoms with E-state index in [9.17, 15) is 4.79 Å². The molecule has 0 unspecified atom stereocenters. The van der Waals surface area contributed by atoms with Crippen LogP contribution in [0, 0.1) is 12.3 Å². The maximum Gasteiger partial charge on any atom is 0.196 e. The Balaban J connectivity index is 2.27. The number of hydrogen-bond acceptors (Lipinski definition) is 3. The number of carbonyl (C=O) groups is 1. The first kappa shape index (κ1) is 10.1. The highest BCUT2D eigenvalue weighted by molar-refractivity contribution is 5.95. The summed E-state index contributed by atoms with van der Waals surface area (Å²) in [5.74, 6) is 2.10. The topological polar surface area (TPSA) is 47.8 Å². The van der Waals surface area contributed by atoms with Crippen LogP contribution in [0.25, 0.3) is 5.69 Å². The van der Waals surface area contributed by atoms with Crippen molar-refractivity contribution < 1.29 is 4.79 Å². The van der Waals surface area contributed by atoms with Gasteiger partial charge in [-0.05, 0) is 12.1 Å². The van der Waals surface area contributed by atoms with Crippen LogP contribution in [0.15, 0.2) is 36.5 Å². The van der Waals surface area contributed by atoms with Crippen molar-refractivity contribution in [2.24, 2.45) is 0 Å². The minimum Gasteiger partial charge on any atom is -0.291 e. The minimum absolute atomic E-state index is 0.0491. The van der Waals surface area contributed by atoms with Gasteiger partial charge in [0, 0.05) is 0 Å². The molecule has 0 aliphatic heterocycles. The smallest absolute Gasteiger partial charge is 0.196 e.